The van der Waals surface area contributed by atoms with E-state index >= 15 is 0 Å². The van der Waals surface area contributed by atoms with Gasteiger partial charge in [-0.2, -0.15) is 0 Å². The van der Waals surface area contributed by atoms with Crippen LogP contribution in [0.3, 0.4) is 0 Å². The van der Waals surface area contributed by atoms with Crippen LogP contribution in [0.5, 0.6) is 0 Å². The van der Waals surface area contributed by atoms with Crippen LogP contribution < -0.4 is 5.32 Å². The monoisotopic (exact) mass is 496 g/mol. The number of benzene rings is 1. The number of likely N-dealkylation sites (tertiary alicyclic amines) is 1. The van der Waals surface area contributed by atoms with Gasteiger partial charge in [0, 0.05) is 49.5 Å². The van der Waals surface area contributed by atoms with Crippen molar-refractivity contribution < 1.29 is 26.7 Å². The summed E-state index contributed by atoms with van der Waals surface area (Å²) in [6, 6.07) is 2.18. The van der Waals surface area contributed by atoms with Gasteiger partial charge in [-0.25, -0.2) is 22.0 Å². The van der Waals surface area contributed by atoms with Crippen molar-refractivity contribution in [2.24, 2.45) is 17.8 Å². The molecule has 0 radical (unpaired) electrons. The number of halogens is 5. The SMILES string of the molecule is Fc1cc(F)c(F)c(-c2nnc(NC3C[C@@H]4CN(CCC5CCOCC5)C[C@@H]4C3)cc2C(F)F)c1. The minimum Gasteiger partial charge on any atom is -0.381 e. The highest BCUT2D eigenvalue weighted by Gasteiger charge is 2.41. The number of nitrogens with one attached hydrogen (secondary N) is 1. The lowest BCUT2D eigenvalue weighted by atomic mass is 9.96. The van der Waals surface area contributed by atoms with E-state index < -0.39 is 40.7 Å². The molecule has 3 fully saturated rings. The highest BCUT2D eigenvalue weighted by molar-refractivity contribution is 5.65. The second-order valence-electron chi connectivity index (χ2n) is 10.0. The lowest BCUT2D eigenvalue weighted by Gasteiger charge is -2.25. The van der Waals surface area contributed by atoms with Gasteiger partial charge < -0.3 is 15.0 Å². The number of fused-ring (bicyclic) bond motifs is 1. The van der Waals surface area contributed by atoms with E-state index in [4.69, 9.17) is 4.74 Å². The predicted molar refractivity (Wildman–Crippen MR) is 121 cm³/mol. The van der Waals surface area contributed by atoms with Crippen LogP contribution in [0, 0.1) is 35.2 Å². The fourth-order valence-corrected chi connectivity index (χ4v) is 5.89. The first-order valence-electron chi connectivity index (χ1n) is 12.2. The summed E-state index contributed by atoms with van der Waals surface area (Å²) in [4.78, 5) is 2.54. The van der Waals surface area contributed by atoms with Gasteiger partial charge in [0.1, 0.15) is 17.3 Å². The van der Waals surface area contributed by atoms with E-state index in [2.05, 4.69) is 20.4 Å². The van der Waals surface area contributed by atoms with Crippen LogP contribution in [0.2, 0.25) is 0 Å². The second kappa shape index (κ2) is 10.3. The Bertz CT molecular complexity index is 1030. The van der Waals surface area contributed by atoms with Crippen LogP contribution in [-0.4, -0.2) is 54.0 Å². The Labute approximate surface area is 201 Å². The summed E-state index contributed by atoms with van der Waals surface area (Å²) in [5.41, 5.74) is -1.86. The summed E-state index contributed by atoms with van der Waals surface area (Å²) in [5, 5.41) is 10.8. The molecule has 2 saturated heterocycles. The molecule has 0 amide bonds. The van der Waals surface area contributed by atoms with Gasteiger partial charge >= 0.3 is 0 Å². The van der Waals surface area contributed by atoms with Gasteiger partial charge in [0.25, 0.3) is 6.43 Å². The van der Waals surface area contributed by atoms with Gasteiger partial charge in [-0.15, -0.1) is 10.2 Å². The summed E-state index contributed by atoms with van der Waals surface area (Å²) < 4.78 is 74.4. The molecule has 10 heteroatoms. The van der Waals surface area contributed by atoms with Gasteiger partial charge in [0.05, 0.1) is 0 Å². The first kappa shape index (κ1) is 24.4. The molecular formula is C25H29F5N4O. The zero-order valence-electron chi connectivity index (χ0n) is 19.3. The summed E-state index contributed by atoms with van der Waals surface area (Å²) >= 11 is 0. The molecule has 1 aliphatic carbocycles. The predicted octanol–water partition coefficient (Wildman–Crippen LogP) is 5.44. The van der Waals surface area contributed by atoms with E-state index in [0.29, 0.717) is 24.0 Å². The average Bonchev–Trinajstić information content (AvgIpc) is 3.39. The van der Waals surface area contributed by atoms with Crippen LogP contribution >= 0.6 is 0 Å². The van der Waals surface area contributed by atoms with Gasteiger partial charge in [0.2, 0.25) is 0 Å². The largest absolute Gasteiger partial charge is 0.381 e. The first-order valence-corrected chi connectivity index (χ1v) is 12.2. The van der Waals surface area contributed by atoms with Crippen molar-refractivity contribution in [3.8, 4) is 11.3 Å². The number of rotatable bonds is 7. The Morgan fingerprint density at radius 2 is 1.71 bits per heavy atom. The first-order chi connectivity index (χ1) is 16.9. The Hall–Kier alpha value is -2.33. The number of aromatic nitrogens is 2. The lowest BCUT2D eigenvalue weighted by molar-refractivity contribution is 0.0607. The van der Waals surface area contributed by atoms with Crippen molar-refractivity contribution in [2.45, 2.75) is 44.6 Å². The minimum absolute atomic E-state index is 0.0802. The van der Waals surface area contributed by atoms with Crippen molar-refractivity contribution in [3.63, 3.8) is 0 Å². The molecular weight excluding hydrogens is 467 g/mol. The molecule has 5 rings (SSSR count). The number of alkyl halides is 2. The van der Waals surface area contributed by atoms with Gasteiger partial charge in [-0.05, 0) is 68.5 Å². The van der Waals surface area contributed by atoms with Crippen molar-refractivity contribution in [2.75, 3.05) is 38.2 Å². The molecule has 35 heavy (non-hydrogen) atoms. The number of anilines is 1. The maximum absolute atomic E-state index is 14.2. The van der Waals surface area contributed by atoms with Crippen LogP contribution in [0.25, 0.3) is 11.3 Å². The Morgan fingerprint density at radius 1 is 1.00 bits per heavy atom. The van der Waals surface area contributed by atoms with Crippen LogP contribution in [-0.2, 0) is 4.74 Å². The van der Waals surface area contributed by atoms with E-state index in [-0.39, 0.29) is 11.9 Å². The maximum atomic E-state index is 14.2. The molecule has 3 aliphatic rings. The quantitative estimate of drug-likeness (QED) is 0.409. The van der Waals surface area contributed by atoms with Crippen molar-refractivity contribution in [1.29, 1.82) is 0 Å². The molecule has 3 atom stereocenters. The average molecular weight is 497 g/mol. The second-order valence-corrected chi connectivity index (χ2v) is 10.0. The van der Waals surface area contributed by atoms with E-state index in [1.807, 2.05) is 0 Å². The smallest absolute Gasteiger partial charge is 0.266 e. The standard InChI is InChI=1S/C25H29F5N4O/c26-17-9-19(23(28)21(27)10-17)24-20(25(29)30)11-22(32-33-24)31-18-7-15-12-34(13-16(15)8-18)4-1-14-2-5-35-6-3-14/h9-11,14-16,18,25H,1-8,12-13H2,(H,31,32)/t15-,16+,18?. The number of nitrogens with zero attached hydrogens (tertiary/aromatic N) is 3. The van der Waals surface area contributed by atoms with Crippen LogP contribution in [0.1, 0.15) is 44.1 Å². The number of hydrogen-bond acceptors (Lipinski definition) is 5. The molecule has 1 N–H and O–H groups in total. The molecule has 2 aromatic rings. The summed E-state index contributed by atoms with van der Waals surface area (Å²) in [5.74, 6) is -1.98. The van der Waals surface area contributed by atoms with E-state index in [0.717, 1.165) is 70.5 Å². The molecule has 1 aromatic heterocycles. The Kier molecular flexibility index (Phi) is 7.20. The Morgan fingerprint density at radius 3 is 2.40 bits per heavy atom. The third-order valence-electron chi connectivity index (χ3n) is 7.68. The fourth-order valence-electron chi connectivity index (χ4n) is 5.89. The zero-order chi connectivity index (χ0) is 24.5. The van der Waals surface area contributed by atoms with Crippen molar-refractivity contribution in [3.05, 3.63) is 41.2 Å². The van der Waals surface area contributed by atoms with Crippen molar-refractivity contribution >= 4 is 5.82 Å². The molecule has 0 bridgehead atoms. The molecule has 5 nitrogen and oxygen atoms in total. The highest BCUT2D eigenvalue weighted by Crippen LogP contribution is 2.40. The summed E-state index contributed by atoms with van der Waals surface area (Å²) in [6.07, 6.45) is 2.31. The molecule has 1 saturated carbocycles. The minimum atomic E-state index is -3.01. The Balaban J connectivity index is 1.21. The zero-order valence-corrected chi connectivity index (χ0v) is 19.3. The van der Waals surface area contributed by atoms with E-state index in [1.165, 1.54) is 6.42 Å². The molecule has 1 unspecified atom stereocenters. The van der Waals surface area contributed by atoms with Crippen LogP contribution in [0.15, 0.2) is 18.2 Å². The maximum Gasteiger partial charge on any atom is 0.266 e. The van der Waals surface area contributed by atoms with Gasteiger partial charge in [-0.3, -0.25) is 0 Å². The molecule has 0 spiro atoms. The molecule has 2 aliphatic heterocycles. The third kappa shape index (κ3) is 5.43. The molecule has 3 heterocycles. The lowest BCUT2D eigenvalue weighted by Crippen LogP contribution is -2.28. The number of hydrogen-bond donors (Lipinski definition) is 1. The summed E-state index contributed by atoms with van der Waals surface area (Å²) in [6.45, 7) is 4.94. The normalized spacial score (nSPS) is 25.4. The topological polar surface area (TPSA) is 50.3 Å². The highest BCUT2D eigenvalue weighted by atomic mass is 19.3. The summed E-state index contributed by atoms with van der Waals surface area (Å²) in [7, 11) is 0. The van der Waals surface area contributed by atoms with E-state index in [9.17, 15) is 22.0 Å². The van der Waals surface area contributed by atoms with Gasteiger partial charge in [0.15, 0.2) is 11.6 Å². The van der Waals surface area contributed by atoms with Crippen LogP contribution in [0.4, 0.5) is 27.8 Å². The fraction of sp³-hybridized carbons (Fsp3) is 0.600. The third-order valence-corrected chi connectivity index (χ3v) is 7.68. The van der Waals surface area contributed by atoms with E-state index in [1.54, 1.807) is 0 Å². The molecule has 1 aromatic carbocycles. The van der Waals surface area contributed by atoms with Crippen molar-refractivity contribution in [1.82, 2.24) is 15.1 Å². The number of ether oxygens (including phenoxy) is 1. The molecule has 190 valence electrons. The van der Waals surface area contributed by atoms with Gasteiger partial charge in [-0.1, -0.05) is 0 Å².